The van der Waals surface area contributed by atoms with E-state index in [-0.39, 0.29) is 40.6 Å². The van der Waals surface area contributed by atoms with Crippen molar-refractivity contribution in [1.82, 2.24) is 25.1 Å². The number of rotatable bonds is 4. The summed E-state index contributed by atoms with van der Waals surface area (Å²) in [6.45, 7) is -1.43. The van der Waals surface area contributed by atoms with Crippen molar-refractivity contribution in [2.24, 2.45) is 0 Å². The maximum atomic E-state index is 14.9. The number of pyridine rings is 1. The van der Waals surface area contributed by atoms with E-state index in [0.29, 0.717) is 22.2 Å². The normalized spacial score (nSPS) is 24.5. The molecule has 4 atom stereocenters. The topological polar surface area (TPSA) is 96.2 Å². The molecule has 34 heavy (non-hydrogen) atoms. The fraction of sp³-hybridized carbons (Fsp3) is 0.455. The molecule has 2 aliphatic heterocycles. The summed E-state index contributed by atoms with van der Waals surface area (Å²) in [6.07, 6.45) is -0.711. The molecule has 0 spiro atoms. The molecule has 180 valence electrons. The molecule has 2 aromatic heterocycles. The monoisotopic (exact) mass is 478 g/mol. The van der Waals surface area contributed by atoms with Crippen LogP contribution in [0.2, 0.25) is 0 Å². The fourth-order valence-corrected chi connectivity index (χ4v) is 4.89. The lowest BCUT2D eigenvalue weighted by atomic mass is 9.96. The van der Waals surface area contributed by atoms with Crippen LogP contribution < -0.4 is 15.8 Å². The first-order valence-corrected chi connectivity index (χ1v) is 10.9. The van der Waals surface area contributed by atoms with Gasteiger partial charge in [0, 0.05) is 25.3 Å². The Morgan fingerprint density at radius 2 is 2.06 bits per heavy atom. The van der Waals surface area contributed by atoms with Gasteiger partial charge in [0.1, 0.15) is 18.5 Å². The predicted molar refractivity (Wildman–Crippen MR) is 116 cm³/mol. The molecule has 3 aromatic rings. The SMILES string of the molecule is CN(c1cnc(-c2cc3ccn(CC(F)(F)F)c(=O)c3cc2O)nn1)[C@H]1CC2CCC(N2)[C@H]1F. The molecular formula is C22H22F4N6O2. The van der Waals surface area contributed by atoms with Crippen LogP contribution in [0.5, 0.6) is 5.75 Å². The van der Waals surface area contributed by atoms with Crippen LogP contribution >= 0.6 is 0 Å². The highest BCUT2D eigenvalue weighted by Gasteiger charge is 2.44. The number of benzene rings is 1. The van der Waals surface area contributed by atoms with Crippen molar-refractivity contribution < 1.29 is 22.7 Å². The molecule has 2 aliphatic rings. The largest absolute Gasteiger partial charge is 0.507 e. The predicted octanol–water partition coefficient (Wildman–Crippen LogP) is 2.79. The zero-order valence-corrected chi connectivity index (χ0v) is 18.1. The number of phenols is 1. The second-order valence-corrected chi connectivity index (χ2v) is 8.87. The van der Waals surface area contributed by atoms with Crippen LogP contribution in [0, 0.1) is 0 Å². The molecule has 2 saturated heterocycles. The van der Waals surface area contributed by atoms with E-state index in [0.717, 1.165) is 25.1 Å². The third-order valence-corrected chi connectivity index (χ3v) is 6.65. The number of aromatic nitrogens is 4. The van der Waals surface area contributed by atoms with Crippen LogP contribution in [-0.2, 0) is 6.54 Å². The Morgan fingerprint density at radius 1 is 1.26 bits per heavy atom. The maximum Gasteiger partial charge on any atom is 0.406 e. The van der Waals surface area contributed by atoms with Gasteiger partial charge in [-0.15, -0.1) is 10.2 Å². The highest BCUT2D eigenvalue weighted by Crippen LogP contribution is 2.34. The molecule has 2 N–H and O–H groups in total. The average molecular weight is 478 g/mol. The first-order chi connectivity index (χ1) is 16.1. The molecule has 0 aliphatic carbocycles. The van der Waals surface area contributed by atoms with Crippen LogP contribution in [0.1, 0.15) is 19.3 Å². The molecule has 12 heteroatoms. The highest BCUT2D eigenvalue weighted by atomic mass is 19.4. The number of halogens is 4. The first kappa shape index (κ1) is 22.5. The molecule has 2 unspecified atom stereocenters. The van der Waals surface area contributed by atoms with Crippen molar-refractivity contribution in [2.45, 2.75) is 56.3 Å². The molecule has 0 amide bonds. The Balaban J connectivity index is 1.42. The van der Waals surface area contributed by atoms with Crippen LogP contribution in [0.3, 0.4) is 0 Å². The smallest absolute Gasteiger partial charge is 0.406 e. The summed E-state index contributed by atoms with van der Waals surface area (Å²) in [7, 11) is 1.74. The van der Waals surface area contributed by atoms with Crippen molar-refractivity contribution in [1.29, 1.82) is 0 Å². The zero-order valence-electron chi connectivity index (χ0n) is 18.1. The molecular weight excluding hydrogens is 456 g/mol. The van der Waals surface area contributed by atoms with Gasteiger partial charge in [-0.2, -0.15) is 13.2 Å². The molecule has 4 heterocycles. The van der Waals surface area contributed by atoms with Gasteiger partial charge in [-0.3, -0.25) is 4.79 Å². The lowest BCUT2D eigenvalue weighted by Gasteiger charge is -2.38. The second-order valence-electron chi connectivity index (χ2n) is 8.87. The summed E-state index contributed by atoms with van der Waals surface area (Å²) in [5.74, 6) is 0.0854. The highest BCUT2D eigenvalue weighted by molar-refractivity contribution is 5.88. The molecule has 2 bridgehead atoms. The van der Waals surface area contributed by atoms with E-state index in [2.05, 4.69) is 20.5 Å². The van der Waals surface area contributed by atoms with Crippen molar-refractivity contribution in [3.8, 4) is 17.1 Å². The zero-order chi connectivity index (χ0) is 24.2. The number of phenolic OH excluding ortho intramolecular Hbond substituents is 1. The number of anilines is 1. The van der Waals surface area contributed by atoms with Crippen molar-refractivity contribution in [2.75, 3.05) is 11.9 Å². The summed E-state index contributed by atoms with van der Waals surface area (Å²) >= 11 is 0. The number of piperidine rings is 1. The Kier molecular flexibility index (Phi) is 5.42. The summed E-state index contributed by atoms with van der Waals surface area (Å²) in [6, 6.07) is 3.64. The number of nitrogens with one attached hydrogen (secondary N) is 1. The minimum atomic E-state index is -4.55. The van der Waals surface area contributed by atoms with E-state index in [9.17, 15) is 27.5 Å². The van der Waals surface area contributed by atoms with Crippen LogP contribution in [0.4, 0.5) is 23.4 Å². The van der Waals surface area contributed by atoms with Gasteiger partial charge in [-0.25, -0.2) is 9.37 Å². The van der Waals surface area contributed by atoms with Crippen LogP contribution in [0.25, 0.3) is 22.2 Å². The number of hydrogen-bond acceptors (Lipinski definition) is 7. The van der Waals surface area contributed by atoms with Gasteiger partial charge >= 0.3 is 6.18 Å². The number of aromatic hydroxyl groups is 1. The molecule has 8 nitrogen and oxygen atoms in total. The fourth-order valence-electron chi connectivity index (χ4n) is 4.89. The molecule has 2 fully saturated rings. The van der Waals surface area contributed by atoms with E-state index < -0.39 is 24.5 Å². The van der Waals surface area contributed by atoms with Gasteiger partial charge in [0.05, 0.1) is 23.2 Å². The van der Waals surface area contributed by atoms with Crippen LogP contribution in [-0.4, -0.2) is 62.4 Å². The lowest BCUT2D eigenvalue weighted by molar-refractivity contribution is -0.141. The molecule has 0 saturated carbocycles. The molecule has 0 radical (unpaired) electrons. The van der Waals surface area contributed by atoms with E-state index in [4.69, 9.17) is 0 Å². The summed E-state index contributed by atoms with van der Waals surface area (Å²) in [5, 5.41) is 22.2. The minimum Gasteiger partial charge on any atom is -0.507 e. The lowest BCUT2D eigenvalue weighted by Crippen LogP contribution is -2.55. The average Bonchev–Trinajstić information content (AvgIpc) is 3.20. The van der Waals surface area contributed by atoms with E-state index in [1.807, 2.05) is 0 Å². The number of alkyl halides is 4. The van der Waals surface area contributed by atoms with Gasteiger partial charge in [0.2, 0.25) is 0 Å². The second kappa shape index (κ2) is 8.19. The Morgan fingerprint density at radius 3 is 2.76 bits per heavy atom. The van der Waals surface area contributed by atoms with Gasteiger partial charge < -0.3 is 19.9 Å². The molecule has 5 rings (SSSR count). The Labute approximate surface area is 191 Å². The number of fused-ring (bicyclic) bond motifs is 3. The number of hydrogen-bond donors (Lipinski definition) is 2. The van der Waals surface area contributed by atoms with Gasteiger partial charge in [0.25, 0.3) is 5.56 Å². The van der Waals surface area contributed by atoms with E-state index >= 15 is 0 Å². The quantitative estimate of drug-likeness (QED) is 0.557. The van der Waals surface area contributed by atoms with Crippen LogP contribution in [0.15, 0.2) is 35.4 Å². The van der Waals surface area contributed by atoms with Crippen molar-refractivity contribution >= 4 is 16.6 Å². The standard InChI is InChI=1S/C22H22F4N6O2/c1-31(16-7-12-2-3-15(28-12)19(16)23)18-9-27-20(30-29-18)14-6-11-4-5-32(10-22(24,25)26)21(34)13(11)8-17(14)33/h4-6,8-9,12,15-16,19,28,33H,2-3,7,10H2,1H3/t12?,15?,16-,19+/m0/s1. The summed E-state index contributed by atoms with van der Waals surface area (Å²) in [5.41, 5.74) is -0.699. The number of nitrogens with zero attached hydrogens (tertiary/aromatic N) is 5. The third-order valence-electron chi connectivity index (χ3n) is 6.65. The maximum absolute atomic E-state index is 14.9. The van der Waals surface area contributed by atoms with E-state index in [1.54, 1.807) is 11.9 Å². The minimum absolute atomic E-state index is 0.0631. The third kappa shape index (κ3) is 4.06. The first-order valence-electron chi connectivity index (χ1n) is 10.9. The van der Waals surface area contributed by atoms with Gasteiger partial charge in [0.15, 0.2) is 11.6 Å². The summed E-state index contributed by atoms with van der Waals surface area (Å²) < 4.78 is 53.5. The summed E-state index contributed by atoms with van der Waals surface area (Å²) in [4.78, 5) is 18.4. The Bertz CT molecular complexity index is 1280. The molecule has 1 aromatic carbocycles. The Hall–Kier alpha value is -3.28. The van der Waals surface area contributed by atoms with E-state index in [1.165, 1.54) is 18.3 Å². The van der Waals surface area contributed by atoms with Gasteiger partial charge in [-0.1, -0.05) is 0 Å². The van der Waals surface area contributed by atoms with Crippen molar-refractivity contribution in [3.05, 3.63) is 40.9 Å². The van der Waals surface area contributed by atoms with Crippen molar-refractivity contribution in [3.63, 3.8) is 0 Å². The van der Waals surface area contributed by atoms with Gasteiger partial charge in [-0.05, 0) is 42.8 Å².